The topological polar surface area (TPSA) is 29.5 Å². The van der Waals surface area contributed by atoms with Crippen LogP contribution in [0.15, 0.2) is 54.6 Å². The van der Waals surface area contributed by atoms with E-state index in [0.29, 0.717) is 12.5 Å². The van der Waals surface area contributed by atoms with E-state index in [1.54, 1.807) is 17.0 Å². The van der Waals surface area contributed by atoms with Crippen LogP contribution in [0.5, 0.6) is 0 Å². The lowest BCUT2D eigenvalue weighted by Crippen LogP contribution is -2.40. The van der Waals surface area contributed by atoms with Gasteiger partial charge in [0.1, 0.15) is 12.4 Å². The summed E-state index contributed by atoms with van der Waals surface area (Å²) in [6.07, 6.45) is 1.52. The van der Waals surface area contributed by atoms with Gasteiger partial charge in [0, 0.05) is 6.54 Å². The van der Waals surface area contributed by atoms with E-state index in [-0.39, 0.29) is 24.6 Å². The molecule has 2 atom stereocenters. The van der Waals surface area contributed by atoms with Crippen molar-refractivity contribution in [3.05, 3.63) is 71.5 Å². The zero-order chi connectivity index (χ0) is 16.9. The average molecular weight is 327 g/mol. The van der Waals surface area contributed by atoms with E-state index in [4.69, 9.17) is 4.74 Å². The normalized spacial score (nSPS) is 20.7. The molecule has 0 aromatic heterocycles. The van der Waals surface area contributed by atoms with Crippen molar-refractivity contribution in [3.8, 4) is 0 Å². The van der Waals surface area contributed by atoms with Gasteiger partial charge < -0.3 is 9.64 Å². The summed E-state index contributed by atoms with van der Waals surface area (Å²) in [6, 6.07) is 16.0. The highest BCUT2D eigenvalue weighted by Gasteiger charge is 2.32. The van der Waals surface area contributed by atoms with Crippen LogP contribution in [0.1, 0.15) is 36.9 Å². The minimum atomic E-state index is -0.305. The summed E-state index contributed by atoms with van der Waals surface area (Å²) in [5.74, 6) is 0.263. The zero-order valence-corrected chi connectivity index (χ0v) is 13.8. The molecule has 1 heterocycles. The minimum absolute atomic E-state index is 0.0578. The van der Waals surface area contributed by atoms with Crippen molar-refractivity contribution in [3.63, 3.8) is 0 Å². The van der Waals surface area contributed by atoms with Gasteiger partial charge in [0.2, 0.25) is 0 Å². The molecule has 0 unspecified atom stereocenters. The number of ether oxygens (including phenoxy) is 1. The Hall–Kier alpha value is -2.36. The SMILES string of the molecule is C[C@H]1CCN(C(=O)OCc2ccccc2)[C@H](c2ccc(F)cc2)C1. The fourth-order valence-corrected chi connectivity index (χ4v) is 3.16. The van der Waals surface area contributed by atoms with E-state index in [0.717, 1.165) is 24.0 Å². The first-order valence-electron chi connectivity index (χ1n) is 8.36. The van der Waals surface area contributed by atoms with E-state index in [1.807, 2.05) is 30.3 Å². The third-order valence-electron chi connectivity index (χ3n) is 4.56. The molecule has 1 amide bonds. The Morgan fingerprint density at radius 2 is 1.88 bits per heavy atom. The third-order valence-corrected chi connectivity index (χ3v) is 4.56. The molecule has 1 saturated heterocycles. The fourth-order valence-electron chi connectivity index (χ4n) is 3.16. The fraction of sp³-hybridized carbons (Fsp3) is 0.350. The molecule has 24 heavy (non-hydrogen) atoms. The Labute approximate surface area is 142 Å². The minimum Gasteiger partial charge on any atom is -0.445 e. The maximum Gasteiger partial charge on any atom is 0.410 e. The number of amides is 1. The monoisotopic (exact) mass is 327 g/mol. The molecule has 1 aliphatic rings. The van der Waals surface area contributed by atoms with Gasteiger partial charge in [-0.1, -0.05) is 49.4 Å². The Morgan fingerprint density at radius 1 is 1.17 bits per heavy atom. The van der Waals surface area contributed by atoms with E-state index < -0.39 is 0 Å². The van der Waals surface area contributed by atoms with E-state index in [2.05, 4.69) is 6.92 Å². The van der Waals surface area contributed by atoms with Crippen molar-refractivity contribution in [2.24, 2.45) is 5.92 Å². The summed E-state index contributed by atoms with van der Waals surface area (Å²) < 4.78 is 18.7. The lowest BCUT2D eigenvalue weighted by atomic mass is 9.88. The number of carbonyl (C=O) groups excluding carboxylic acids is 1. The third kappa shape index (κ3) is 3.94. The largest absolute Gasteiger partial charge is 0.445 e. The number of carbonyl (C=O) groups is 1. The van der Waals surface area contributed by atoms with Crippen molar-refractivity contribution in [2.45, 2.75) is 32.4 Å². The Morgan fingerprint density at radius 3 is 2.58 bits per heavy atom. The average Bonchev–Trinajstić information content (AvgIpc) is 2.61. The molecule has 2 aromatic rings. The lowest BCUT2D eigenvalue weighted by molar-refractivity contribution is 0.0587. The number of halogens is 1. The van der Waals surface area contributed by atoms with Gasteiger partial charge in [-0.2, -0.15) is 0 Å². The number of nitrogens with zero attached hydrogens (tertiary/aromatic N) is 1. The molecule has 1 fully saturated rings. The van der Waals surface area contributed by atoms with E-state index >= 15 is 0 Å². The van der Waals surface area contributed by atoms with Crippen LogP contribution in [-0.4, -0.2) is 17.5 Å². The summed E-state index contributed by atoms with van der Waals surface area (Å²) in [4.78, 5) is 14.3. The lowest BCUT2D eigenvalue weighted by Gasteiger charge is -2.38. The molecule has 4 heteroatoms. The van der Waals surface area contributed by atoms with Crippen molar-refractivity contribution < 1.29 is 13.9 Å². The molecule has 0 radical (unpaired) electrons. The number of likely N-dealkylation sites (tertiary alicyclic amines) is 1. The Bertz CT molecular complexity index is 672. The van der Waals surface area contributed by atoms with Gasteiger partial charge in [-0.25, -0.2) is 9.18 Å². The van der Waals surface area contributed by atoms with Crippen molar-refractivity contribution in [1.82, 2.24) is 4.90 Å². The van der Waals surface area contributed by atoms with Gasteiger partial charge in [-0.05, 0) is 42.0 Å². The second kappa shape index (κ2) is 7.47. The van der Waals surface area contributed by atoms with Crippen LogP contribution >= 0.6 is 0 Å². The van der Waals surface area contributed by atoms with E-state index in [9.17, 15) is 9.18 Å². The highest BCUT2D eigenvalue weighted by molar-refractivity contribution is 5.68. The molecule has 126 valence electrons. The standard InChI is InChI=1S/C20H22FNO2/c1-15-11-12-22(19(13-15)17-7-9-18(21)10-8-17)20(23)24-14-16-5-3-2-4-6-16/h2-10,15,19H,11-14H2,1H3/t15-,19-/m0/s1. The van der Waals surface area contributed by atoms with Crippen LogP contribution in [0.3, 0.4) is 0 Å². The van der Waals surface area contributed by atoms with Crippen LogP contribution in [0.2, 0.25) is 0 Å². The van der Waals surface area contributed by atoms with Gasteiger partial charge in [0.15, 0.2) is 0 Å². The molecule has 0 bridgehead atoms. The van der Waals surface area contributed by atoms with Crippen LogP contribution in [0.25, 0.3) is 0 Å². The van der Waals surface area contributed by atoms with Gasteiger partial charge >= 0.3 is 6.09 Å². The van der Waals surface area contributed by atoms with Crippen molar-refractivity contribution >= 4 is 6.09 Å². The highest BCUT2D eigenvalue weighted by Crippen LogP contribution is 2.34. The smallest absolute Gasteiger partial charge is 0.410 e. The summed E-state index contributed by atoms with van der Waals surface area (Å²) in [5.41, 5.74) is 1.93. The first-order chi connectivity index (χ1) is 11.6. The van der Waals surface area contributed by atoms with Gasteiger partial charge in [-0.15, -0.1) is 0 Å². The number of rotatable bonds is 3. The molecule has 1 aliphatic heterocycles. The maximum atomic E-state index is 13.2. The molecule has 2 aromatic carbocycles. The number of hydrogen-bond donors (Lipinski definition) is 0. The van der Waals surface area contributed by atoms with Gasteiger partial charge in [0.05, 0.1) is 6.04 Å². The van der Waals surface area contributed by atoms with Crippen molar-refractivity contribution in [2.75, 3.05) is 6.54 Å². The highest BCUT2D eigenvalue weighted by atomic mass is 19.1. The van der Waals surface area contributed by atoms with Crippen LogP contribution in [-0.2, 0) is 11.3 Å². The maximum absolute atomic E-state index is 13.2. The molecule has 3 rings (SSSR count). The van der Waals surface area contributed by atoms with Crippen LogP contribution in [0.4, 0.5) is 9.18 Å². The Kier molecular flexibility index (Phi) is 5.14. The summed E-state index contributed by atoms with van der Waals surface area (Å²) in [7, 11) is 0. The molecule has 0 aliphatic carbocycles. The zero-order valence-electron chi connectivity index (χ0n) is 13.8. The van der Waals surface area contributed by atoms with Crippen molar-refractivity contribution in [1.29, 1.82) is 0 Å². The Balaban J connectivity index is 1.71. The second-order valence-corrected chi connectivity index (χ2v) is 6.43. The number of hydrogen-bond acceptors (Lipinski definition) is 2. The van der Waals surface area contributed by atoms with Gasteiger partial charge in [0.25, 0.3) is 0 Å². The summed E-state index contributed by atoms with van der Waals surface area (Å²) in [5, 5.41) is 0. The van der Waals surface area contributed by atoms with Crippen LogP contribution < -0.4 is 0 Å². The predicted molar refractivity (Wildman–Crippen MR) is 90.9 cm³/mol. The molecule has 3 nitrogen and oxygen atoms in total. The molecule has 0 spiro atoms. The second-order valence-electron chi connectivity index (χ2n) is 6.43. The molecular formula is C20H22FNO2. The number of benzene rings is 2. The molecule has 0 N–H and O–H groups in total. The van der Waals surface area contributed by atoms with Crippen LogP contribution in [0, 0.1) is 11.7 Å². The number of piperidine rings is 1. The molecule has 0 saturated carbocycles. The van der Waals surface area contributed by atoms with E-state index in [1.165, 1.54) is 12.1 Å². The summed E-state index contributed by atoms with van der Waals surface area (Å²) in [6.45, 7) is 3.11. The predicted octanol–water partition coefficient (Wildman–Crippen LogP) is 4.94. The van der Waals surface area contributed by atoms with Gasteiger partial charge in [-0.3, -0.25) is 0 Å². The first-order valence-corrected chi connectivity index (χ1v) is 8.36. The first kappa shape index (κ1) is 16.5. The quantitative estimate of drug-likeness (QED) is 0.799. The molecular weight excluding hydrogens is 305 g/mol. The summed E-state index contributed by atoms with van der Waals surface area (Å²) >= 11 is 0.